The topological polar surface area (TPSA) is 36.7 Å². The molecule has 2 rings (SSSR count). The summed E-state index contributed by atoms with van der Waals surface area (Å²) in [7, 11) is 0. The molecule has 0 saturated heterocycles. The van der Waals surface area contributed by atoms with Gasteiger partial charge in [-0.05, 0) is 46.3 Å². The van der Waals surface area contributed by atoms with Gasteiger partial charge in [0.1, 0.15) is 11.1 Å². The molecule has 78 valence electrons. The fraction of sp³-hybridized carbons (Fsp3) is 0. The largest absolute Gasteiger partial charge is 0.250 e. The van der Waals surface area contributed by atoms with Gasteiger partial charge in [0.05, 0.1) is 5.56 Å². The summed E-state index contributed by atoms with van der Waals surface area (Å²) in [6.45, 7) is 0. The summed E-state index contributed by atoms with van der Waals surface area (Å²) < 4.78 is 0.816. The number of nitrogens with zero attached hydrogens (tertiary/aromatic N) is 2. The van der Waals surface area contributed by atoms with E-state index >= 15 is 0 Å². The Kier molecular flexibility index (Phi) is 3.60. The van der Waals surface area contributed by atoms with E-state index in [-0.39, 0.29) is 0 Å². The summed E-state index contributed by atoms with van der Waals surface area (Å²) >= 11 is 4.93. The second-order valence-corrected chi connectivity index (χ2v) is 4.97. The number of aromatic nitrogens is 1. The van der Waals surface area contributed by atoms with Crippen molar-refractivity contribution < 1.29 is 0 Å². The Hall–Kier alpha value is -1.31. The zero-order chi connectivity index (χ0) is 11.4. The number of nitriles is 1. The van der Waals surface area contributed by atoms with Crippen LogP contribution >= 0.6 is 27.7 Å². The monoisotopic (exact) mass is 290 g/mol. The molecule has 0 unspecified atom stereocenters. The molecule has 0 aliphatic rings. The van der Waals surface area contributed by atoms with E-state index in [1.54, 1.807) is 24.0 Å². The van der Waals surface area contributed by atoms with Crippen molar-refractivity contribution in [1.29, 1.82) is 5.26 Å². The molecule has 0 radical (unpaired) electrons. The second kappa shape index (κ2) is 5.15. The van der Waals surface area contributed by atoms with Crippen molar-refractivity contribution in [2.24, 2.45) is 0 Å². The van der Waals surface area contributed by atoms with Crippen LogP contribution < -0.4 is 0 Å². The van der Waals surface area contributed by atoms with E-state index in [4.69, 9.17) is 5.26 Å². The van der Waals surface area contributed by atoms with Gasteiger partial charge in [-0.2, -0.15) is 5.26 Å². The molecule has 0 bridgehead atoms. The summed E-state index contributed by atoms with van der Waals surface area (Å²) in [4.78, 5) is 5.29. The van der Waals surface area contributed by atoms with Crippen molar-refractivity contribution in [1.82, 2.24) is 4.98 Å². The fourth-order valence-corrected chi connectivity index (χ4v) is 2.61. The van der Waals surface area contributed by atoms with Gasteiger partial charge in [-0.25, -0.2) is 4.98 Å². The molecule has 1 aromatic carbocycles. The van der Waals surface area contributed by atoms with Crippen LogP contribution in [0.15, 0.2) is 57.0 Å². The minimum absolute atomic E-state index is 0.644. The minimum atomic E-state index is 0.644. The maximum atomic E-state index is 8.80. The first-order chi connectivity index (χ1) is 7.79. The molecule has 16 heavy (non-hydrogen) atoms. The number of pyridine rings is 1. The number of halogens is 1. The molecule has 0 aliphatic carbocycles. The third-order valence-electron chi connectivity index (χ3n) is 1.92. The minimum Gasteiger partial charge on any atom is -0.250 e. The molecular weight excluding hydrogens is 284 g/mol. The predicted octanol–water partition coefficient (Wildman–Crippen LogP) is 3.87. The van der Waals surface area contributed by atoms with Gasteiger partial charge < -0.3 is 0 Å². The first kappa shape index (κ1) is 11.2. The van der Waals surface area contributed by atoms with Gasteiger partial charge >= 0.3 is 0 Å². The molecule has 0 aliphatic heterocycles. The van der Waals surface area contributed by atoms with Crippen molar-refractivity contribution in [2.45, 2.75) is 9.92 Å². The highest BCUT2D eigenvalue weighted by Gasteiger charge is 2.02. The lowest BCUT2D eigenvalue weighted by Crippen LogP contribution is -1.80. The van der Waals surface area contributed by atoms with Crippen LogP contribution in [0.1, 0.15) is 5.56 Å². The smallest absolute Gasteiger partial charge is 0.101 e. The van der Waals surface area contributed by atoms with Gasteiger partial charge in [0.2, 0.25) is 0 Å². The molecule has 0 amide bonds. The van der Waals surface area contributed by atoms with E-state index in [1.807, 2.05) is 30.3 Å². The van der Waals surface area contributed by atoms with Crippen molar-refractivity contribution in [3.05, 3.63) is 52.6 Å². The Morgan fingerprint density at radius 2 is 2.12 bits per heavy atom. The first-order valence-electron chi connectivity index (χ1n) is 4.58. The summed E-state index contributed by atoms with van der Waals surface area (Å²) in [5.41, 5.74) is 0.644. The van der Waals surface area contributed by atoms with Crippen LogP contribution in [-0.2, 0) is 0 Å². The van der Waals surface area contributed by atoms with Crippen LogP contribution in [0.2, 0.25) is 0 Å². The molecule has 4 heteroatoms. The molecule has 0 atom stereocenters. The van der Waals surface area contributed by atoms with E-state index in [0.717, 1.165) is 14.4 Å². The van der Waals surface area contributed by atoms with E-state index < -0.39 is 0 Å². The van der Waals surface area contributed by atoms with Crippen LogP contribution in [0.4, 0.5) is 0 Å². The highest BCUT2D eigenvalue weighted by molar-refractivity contribution is 9.10. The lowest BCUT2D eigenvalue weighted by Gasteiger charge is -2.01. The van der Waals surface area contributed by atoms with Crippen molar-refractivity contribution in [3.63, 3.8) is 0 Å². The number of hydrogen-bond donors (Lipinski definition) is 0. The van der Waals surface area contributed by atoms with Crippen LogP contribution in [0.3, 0.4) is 0 Å². The van der Waals surface area contributed by atoms with E-state index in [2.05, 4.69) is 27.0 Å². The zero-order valence-corrected chi connectivity index (χ0v) is 10.6. The van der Waals surface area contributed by atoms with Crippen LogP contribution in [0.5, 0.6) is 0 Å². The zero-order valence-electron chi connectivity index (χ0n) is 8.22. The molecule has 2 nitrogen and oxygen atoms in total. The van der Waals surface area contributed by atoms with Crippen molar-refractivity contribution in [2.75, 3.05) is 0 Å². The first-order valence-corrected chi connectivity index (χ1v) is 6.19. The lowest BCUT2D eigenvalue weighted by atomic mass is 10.2. The molecule has 1 heterocycles. The van der Waals surface area contributed by atoms with Gasteiger partial charge in [-0.1, -0.05) is 17.8 Å². The maximum Gasteiger partial charge on any atom is 0.101 e. The van der Waals surface area contributed by atoms with E-state index in [9.17, 15) is 0 Å². The van der Waals surface area contributed by atoms with E-state index in [0.29, 0.717) is 5.56 Å². The fourth-order valence-electron chi connectivity index (χ4n) is 1.18. The molecule has 0 saturated carbocycles. The highest BCUT2D eigenvalue weighted by Crippen LogP contribution is 2.29. The maximum absolute atomic E-state index is 8.80. The molecule has 2 aromatic rings. The van der Waals surface area contributed by atoms with Gasteiger partial charge in [0.25, 0.3) is 0 Å². The Labute approximate surface area is 106 Å². The Bertz CT molecular complexity index is 534. The molecule has 1 aromatic heterocycles. The standard InChI is InChI=1S/C12H7BrN2S/c13-11-7-10(5-4-9(11)8-14)16-12-3-1-2-6-15-12/h1-7H. The summed E-state index contributed by atoms with van der Waals surface area (Å²) in [5, 5.41) is 9.74. The summed E-state index contributed by atoms with van der Waals surface area (Å²) in [6.07, 6.45) is 1.76. The Morgan fingerprint density at radius 3 is 2.75 bits per heavy atom. The van der Waals surface area contributed by atoms with Crippen LogP contribution in [0, 0.1) is 11.3 Å². The third kappa shape index (κ3) is 2.63. The van der Waals surface area contributed by atoms with Crippen molar-refractivity contribution >= 4 is 27.7 Å². The van der Waals surface area contributed by atoms with Gasteiger partial charge in [0, 0.05) is 15.6 Å². The molecule has 0 fully saturated rings. The quantitative estimate of drug-likeness (QED) is 0.842. The number of hydrogen-bond acceptors (Lipinski definition) is 3. The van der Waals surface area contributed by atoms with Gasteiger partial charge in [-0.15, -0.1) is 0 Å². The number of rotatable bonds is 2. The molecule has 0 N–H and O–H groups in total. The van der Waals surface area contributed by atoms with Crippen LogP contribution in [-0.4, -0.2) is 4.98 Å². The summed E-state index contributed by atoms with van der Waals surface area (Å²) in [6, 6.07) is 13.6. The SMILES string of the molecule is N#Cc1ccc(Sc2ccccn2)cc1Br. The second-order valence-electron chi connectivity index (χ2n) is 3.02. The lowest BCUT2D eigenvalue weighted by molar-refractivity contribution is 1.13. The predicted molar refractivity (Wildman–Crippen MR) is 67.2 cm³/mol. The summed E-state index contributed by atoms with van der Waals surface area (Å²) in [5.74, 6) is 0. The van der Waals surface area contributed by atoms with E-state index in [1.165, 1.54) is 0 Å². The Balaban J connectivity index is 2.24. The average Bonchev–Trinajstić information content (AvgIpc) is 2.31. The number of benzene rings is 1. The van der Waals surface area contributed by atoms with Crippen molar-refractivity contribution in [3.8, 4) is 6.07 Å². The molecular formula is C12H7BrN2S. The van der Waals surface area contributed by atoms with Gasteiger partial charge in [-0.3, -0.25) is 0 Å². The Morgan fingerprint density at radius 1 is 1.25 bits per heavy atom. The van der Waals surface area contributed by atoms with Crippen LogP contribution in [0.25, 0.3) is 0 Å². The molecule has 0 spiro atoms. The normalized spacial score (nSPS) is 9.75. The highest BCUT2D eigenvalue weighted by atomic mass is 79.9. The van der Waals surface area contributed by atoms with Gasteiger partial charge in [0.15, 0.2) is 0 Å². The average molecular weight is 291 g/mol. The third-order valence-corrected chi connectivity index (χ3v) is 3.52.